The molecule has 0 unspecified atom stereocenters. The van der Waals surface area contributed by atoms with Crippen LogP contribution in [0.5, 0.6) is 5.75 Å². The number of thiophene rings is 1. The fourth-order valence-electron chi connectivity index (χ4n) is 4.45. The number of hydrogen-bond donors (Lipinski definition) is 2. The summed E-state index contributed by atoms with van der Waals surface area (Å²) < 4.78 is 5.21. The van der Waals surface area contributed by atoms with E-state index in [9.17, 15) is 4.79 Å². The minimum atomic E-state index is -0.0175. The van der Waals surface area contributed by atoms with Gasteiger partial charge in [0.05, 0.1) is 13.7 Å². The van der Waals surface area contributed by atoms with Crippen LogP contribution in [0, 0.1) is 0 Å². The standard InChI is InChI=1S/C23H33N3O2S/c1-22(2)13-18(14-23(3,4)25-22)26(16-20-7-6-12-29-20)21(27)24-15-17-8-10-19(28-5)11-9-17/h6-12,18,25H,13-16H2,1-5H3,(H,24,27). The second-order valence-corrected chi connectivity index (χ2v) is 10.2. The number of rotatable bonds is 6. The van der Waals surface area contributed by atoms with Crippen LogP contribution >= 0.6 is 11.3 Å². The van der Waals surface area contributed by atoms with E-state index in [0.717, 1.165) is 24.2 Å². The van der Waals surface area contributed by atoms with E-state index < -0.39 is 0 Å². The minimum Gasteiger partial charge on any atom is -0.497 e. The molecule has 3 rings (SSSR count). The van der Waals surface area contributed by atoms with Crippen molar-refractivity contribution in [2.45, 2.75) is 70.7 Å². The fourth-order valence-corrected chi connectivity index (χ4v) is 5.15. The molecule has 158 valence electrons. The Morgan fingerprint density at radius 3 is 2.38 bits per heavy atom. The van der Waals surface area contributed by atoms with E-state index in [4.69, 9.17) is 4.74 Å². The summed E-state index contributed by atoms with van der Waals surface area (Å²) in [5.41, 5.74) is 1.02. The highest BCUT2D eigenvalue weighted by Crippen LogP contribution is 2.32. The molecule has 0 radical (unpaired) electrons. The van der Waals surface area contributed by atoms with E-state index in [1.54, 1.807) is 18.4 Å². The van der Waals surface area contributed by atoms with Gasteiger partial charge in [-0.25, -0.2) is 4.79 Å². The highest BCUT2D eigenvalue weighted by atomic mass is 32.1. The van der Waals surface area contributed by atoms with Crippen LogP contribution in [0.4, 0.5) is 4.79 Å². The molecule has 0 saturated carbocycles. The summed E-state index contributed by atoms with van der Waals surface area (Å²) in [4.78, 5) is 16.5. The van der Waals surface area contributed by atoms with Crippen LogP contribution in [0.25, 0.3) is 0 Å². The third-order valence-corrected chi connectivity index (χ3v) is 6.24. The predicted octanol–water partition coefficient (Wildman–Crippen LogP) is 4.78. The number of carbonyl (C=O) groups is 1. The number of carbonyl (C=O) groups excluding carboxylic acids is 1. The molecule has 1 aliphatic heterocycles. The maximum absolute atomic E-state index is 13.3. The summed E-state index contributed by atoms with van der Waals surface area (Å²) in [6, 6.07) is 12.1. The Morgan fingerprint density at radius 2 is 1.83 bits per heavy atom. The van der Waals surface area contributed by atoms with Crippen molar-refractivity contribution in [3.05, 3.63) is 52.2 Å². The van der Waals surface area contributed by atoms with Crippen molar-refractivity contribution < 1.29 is 9.53 Å². The zero-order valence-corrected chi connectivity index (χ0v) is 18.9. The first-order valence-corrected chi connectivity index (χ1v) is 11.0. The molecule has 0 aliphatic carbocycles. The number of nitrogens with one attached hydrogen (secondary N) is 2. The van der Waals surface area contributed by atoms with Gasteiger partial charge in [-0.05, 0) is 69.7 Å². The van der Waals surface area contributed by atoms with E-state index >= 15 is 0 Å². The topological polar surface area (TPSA) is 53.6 Å². The van der Waals surface area contributed by atoms with Gasteiger partial charge in [0.2, 0.25) is 0 Å². The first kappa shape index (κ1) is 21.7. The molecule has 0 atom stereocenters. The van der Waals surface area contributed by atoms with Crippen LogP contribution < -0.4 is 15.4 Å². The van der Waals surface area contributed by atoms with Crippen molar-refractivity contribution in [2.24, 2.45) is 0 Å². The molecule has 0 spiro atoms. The summed E-state index contributed by atoms with van der Waals surface area (Å²) in [6.07, 6.45) is 1.86. The predicted molar refractivity (Wildman–Crippen MR) is 119 cm³/mol. The second kappa shape index (κ2) is 8.76. The minimum absolute atomic E-state index is 0.00674. The number of ether oxygens (including phenoxy) is 1. The molecule has 1 aromatic heterocycles. The summed E-state index contributed by atoms with van der Waals surface area (Å²) in [6.45, 7) is 10.0. The lowest BCUT2D eigenvalue weighted by Crippen LogP contribution is -2.63. The first-order chi connectivity index (χ1) is 13.7. The van der Waals surface area contributed by atoms with Crippen LogP contribution in [0.1, 0.15) is 51.0 Å². The van der Waals surface area contributed by atoms with Crippen molar-refractivity contribution in [1.82, 2.24) is 15.5 Å². The second-order valence-electron chi connectivity index (χ2n) is 9.17. The Bertz CT molecular complexity index is 784. The van der Waals surface area contributed by atoms with Gasteiger partial charge in [0.25, 0.3) is 0 Å². The quantitative estimate of drug-likeness (QED) is 0.714. The summed E-state index contributed by atoms with van der Waals surface area (Å²) in [5.74, 6) is 0.818. The van der Waals surface area contributed by atoms with Crippen molar-refractivity contribution in [3.63, 3.8) is 0 Å². The summed E-state index contributed by atoms with van der Waals surface area (Å²) in [7, 11) is 1.65. The lowest BCUT2D eigenvalue weighted by atomic mass is 9.79. The van der Waals surface area contributed by atoms with Gasteiger partial charge in [-0.15, -0.1) is 11.3 Å². The Kier molecular flexibility index (Phi) is 6.54. The maximum atomic E-state index is 13.3. The Morgan fingerprint density at radius 1 is 1.17 bits per heavy atom. The van der Waals surface area contributed by atoms with Gasteiger partial charge < -0.3 is 20.3 Å². The van der Waals surface area contributed by atoms with Gasteiger partial charge in [0.1, 0.15) is 5.75 Å². The van der Waals surface area contributed by atoms with Crippen molar-refractivity contribution >= 4 is 17.4 Å². The lowest BCUT2D eigenvalue weighted by molar-refractivity contribution is 0.0793. The number of hydrogen-bond acceptors (Lipinski definition) is 4. The SMILES string of the molecule is COc1ccc(CNC(=O)N(Cc2cccs2)C2CC(C)(C)NC(C)(C)C2)cc1. The van der Waals surface area contributed by atoms with Crippen molar-refractivity contribution in [2.75, 3.05) is 7.11 Å². The Hall–Kier alpha value is -2.05. The van der Waals surface area contributed by atoms with E-state index in [0.29, 0.717) is 13.1 Å². The largest absolute Gasteiger partial charge is 0.497 e. The summed E-state index contributed by atoms with van der Waals surface area (Å²) >= 11 is 1.70. The molecule has 2 heterocycles. The van der Waals surface area contributed by atoms with E-state index in [1.165, 1.54) is 4.88 Å². The molecular formula is C23H33N3O2S. The van der Waals surface area contributed by atoms with Gasteiger partial charge in [-0.2, -0.15) is 0 Å². The van der Waals surface area contributed by atoms with Crippen LogP contribution in [-0.2, 0) is 13.1 Å². The fraction of sp³-hybridized carbons (Fsp3) is 0.522. The summed E-state index contributed by atoms with van der Waals surface area (Å²) in [5, 5.41) is 8.92. The molecule has 1 fully saturated rings. The smallest absolute Gasteiger partial charge is 0.318 e. The van der Waals surface area contributed by atoms with E-state index in [2.05, 4.69) is 49.8 Å². The third kappa shape index (κ3) is 5.97. The lowest BCUT2D eigenvalue weighted by Gasteiger charge is -2.49. The number of urea groups is 1. The number of benzene rings is 1. The molecule has 0 bridgehead atoms. The molecule has 2 amide bonds. The third-order valence-electron chi connectivity index (χ3n) is 5.38. The highest BCUT2D eigenvalue weighted by Gasteiger charge is 2.41. The first-order valence-electron chi connectivity index (χ1n) is 10.2. The normalized spacial score (nSPS) is 18.2. The Balaban J connectivity index is 1.74. The highest BCUT2D eigenvalue weighted by molar-refractivity contribution is 7.09. The van der Waals surface area contributed by atoms with Gasteiger partial charge in [-0.1, -0.05) is 18.2 Å². The molecule has 2 N–H and O–H groups in total. The number of piperidine rings is 1. The van der Waals surface area contributed by atoms with Crippen LogP contribution in [-0.4, -0.2) is 35.2 Å². The molecular weight excluding hydrogens is 382 g/mol. The monoisotopic (exact) mass is 415 g/mol. The van der Waals surface area contributed by atoms with Gasteiger partial charge in [0.15, 0.2) is 0 Å². The zero-order valence-electron chi connectivity index (χ0n) is 18.1. The molecule has 1 aliphatic rings. The molecule has 29 heavy (non-hydrogen) atoms. The van der Waals surface area contributed by atoms with Crippen molar-refractivity contribution in [3.8, 4) is 5.75 Å². The van der Waals surface area contributed by atoms with Gasteiger partial charge in [0, 0.05) is 28.5 Å². The van der Waals surface area contributed by atoms with E-state index in [1.807, 2.05) is 35.2 Å². The molecule has 2 aromatic rings. The maximum Gasteiger partial charge on any atom is 0.318 e. The number of amides is 2. The van der Waals surface area contributed by atoms with Gasteiger partial charge in [-0.3, -0.25) is 0 Å². The number of nitrogens with zero attached hydrogens (tertiary/aromatic N) is 1. The van der Waals surface area contributed by atoms with E-state index in [-0.39, 0.29) is 23.2 Å². The van der Waals surface area contributed by atoms with Crippen LogP contribution in [0.2, 0.25) is 0 Å². The van der Waals surface area contributed by atoms with Crippen molar-refractivity contribution in [1.29, 1.82) is 0 Å². The average molecular weight is 416 g/mol. The molecule has 1 aromatic carbocycles. The molecule has 5 nitrogen and oxygen atoms in total. The van der Waals surface area contributed by atoms with Crippen LogP contribution in [0.15, 0.2) is 41.8 Å². The van der Waals surface area contributed by atoms with Gasteiger partial charge >= 0.3 is 6.03 Å². The zero-order chi connectivity index (χ0) is 21.1. The van der Waals surface area contributed by atoms with Crippen LogP contribution in [0.3, 0.4) is 0 Å². The average Bonchev–Trinajstić information content (AvgIpc) is 3.15. The molecule has 1 saturated heterocycles. The molecule has 6 heteroatoms. The number of methoxy groups -OCH3 is 1. The Labute approximate surface area is 178 Å².